The number of amides is 3. The number of nitrogen functional groups attached to an aromatic ring is 1. The SMILES string of the molecule is NC(=O)c1nsc(C(=O)N(c2ccc(F)cc2)[C@H](C(=O)NC[C@@H]2CCCO2)c2c[nH]c3ccccc23)c1N. The number of aromatic nitrogens is 2. The number of primary amides is 1. The number of H-pyrrole nitrogens is 1. The molecule has 0 bridgehead atoms. The minimum absolute atomic E-state index is 0.0695. The molecule has 0 saturated carbocycles. The van der Waals surface area contributed by atoms with E-state index in [-0.39, 0.29) is 34.6 Å². The fourth-order valence-corrected chi connectivity index (χ4v) is 5.30. The lowest BCUT2D eigenvalue weighted by atomic mass is 10.0. The molecule has 6 N–H and O–H groups in total. The predicted molar refractivity (Wildman–Crippen MR) is 141 cm³/mol. The van der Waals surface area contributed by atoms with Gasteiger partial charge < -0.3 is 26.5 Å². The van der Waals surface area contributed by atoms with Crippen molar-refractivity contribution in [1.82, 2.24) is 14.7 Å². The van der Waals surface area contributed by atoms with Crippen molar-refractivity contribution in [3.63, 3.8) is 0 Å². The Labute approximate surface area is 220 Å². The van der Waals surface area contributed by atoms with Crippen LogP contribution in [0.1, 0.15) is 44.6 Å². The molecule has 1 aliphatic rings. The lowest BCUT2D eigenvalue weighted by Crippen LogP contribution is -2.45. The number of benzene rings is 2. The van der Waals surface area contributed by atoms with Gasteiger partial charge in [0.25, 0.3) is 11.8 Å². The Balaban J connectivity index is 1.64. The smallest absolute Gasteiger partial charge is 0.273 e. The van der Waals surface area contributed by atoms with Gasteiger partial charge in [0.15, 0.2) is 5.69 Å². The van der Waals surface area contributed by atoms with Crippen molar-refractivity contribution >= 4 is 51.5 Å². The second-order valence-corrected chi connectivity index (χ2v) is 9.64. The van der Waals surface area contributed by atoms with Crippen molar-refractivity contribution in [3.8, 4) is 0 Å². The second-order valence-electron chi connectivity index (χ2n) is 8.86. The first-order valence-corrected chi connectivity index (χ1v) is 12.7. The van der Waals surface area contributed by atoms with Crippen LogP contribution in [0.3, 0.4) is 0 Å². The first kappa shape index (κ1) is 25.4. The van der Waals surface area contributed by atoms with Crippen LogP contribution in [-0.4, -0.2) is 46.3 Å². The van der Waals surface area contributed by atoms with E-state index in [1.807, 2.05) is 24.3 Å². The van der Waals surface area contributed by atoms with E-state index in [4.69, 9.17) is 16.2 Å². The largest absolute Gasteiger partial charge is 0.395 e. The molecule has 1 fully saturated rings. The number of aromatic amines is 1. The molecule has 2 atom stereocenters. The highest BCUT2D eigenvalue weighted by Gasteiger charge is 2.37. The normalized spacial score (nSPS) is 15.9. The van der Waals surface area contributed by atoms with E-state index in [0.29, 0.717) is 23.7 Å². The van der Waals surface area contributed by atoms with Crippen LogP contribution < -0.4 is 21.7 Å². The average molecular weight is 537 g/mol. The summed E-state index contributed by atoms with van der Waals surface area (Å²) in [5, 5.41) is 3.64. The number of rotatable bonds is 8. The zero-order chi connectivity index (χ0) is 26.8. The molecule has 2 aromatic carbocycles. The van der Waals surface area contributed by atoms with Gasteiger partial charge in [-0.05, 0) is 54.7 Å². The van der Waals surface area contributed by atoms with Gasteiger partial charge in [0, 0.05) is 41.5 Å². The summed E-state index contributed by atoms with van der Waals surface area (Å²) in [5.74, 6) is -2.56. The van der Waals surface area contributed by atoms with E-state index in [0.717, 1.165) is 23.7 Å². The average Bonchev–Trinajstić information content (AvgIpc) is 3.66. The van der Waals surface area contributed by atoms with Gasteiger partial charge in [0.1, 0.15) is 16.7 Å². The minimum atomic E-state index is -1.19. The van der Waals surface area contributed by atoms with Crippen molar-refractivity contribution in [2.45, 2.75) is 25.0 Å². The summed E-state index contributed by atoms with van der Waals surface area (Å²) in [5.41, 5.74) is 12.6. The van der Waals surface area contributed by atoms with Gasteiger partial charge >= 0.3 is 0 Å². The summed E-state index contributed by atoms with van der Waals surface area (Å²) >= 11 is 0.702. The predicted octanol–water partition coefficient (Wildman–Crippen LogP) is 3.13. The molecule has 1 saturated heterocycles. The van der Waals surface area contributed by atoms with Crippen LogP contribution in [0.5, 0.6) is 0 Å². The molecule has 2 aromatic heterocycles. The summed E-state index contributed by atoms with van der Waals surface area (Å²) in [7, 11) is 0. The van der Waals surface area contributed by atoms with E-state index in [1.54, 1.807) is 6.20 Å². The zero-order valence-electron chi connectivity index (χ0n) is 20.1. The number of halogens is 1. The van der Waals surface area contributed by atoms with Gasteiger partial charge in [-0.2, -0.15) is 4.37 Å². The van der Waals surface area contributed by atoms with Crippen LogP contribution in [0, 0.1) is 5.82 Å². The van der Waals surface area contributed by atoms with Gasteiger partial charge in [-0.3, -0.25) is 19.3 Å². The summed E-state index contributed by atoms with van der Waals surface area (Å²) in [6.45, 7) is 0.886. The van der Waals surface area contributed by atoms with E-state index in [9.17, 15) is 18.8 Å². The number of carbonyl (C=O) groups excluding carboxylic acids is 3. The van der Waals surface area contributed by atoms with E-state index in [2.05, 4.69) is 14.7 Å². The summed E-state index contributed by atoms with van der Waals surface area (Å²) in [6.07, 6.45) is 3.24. The van der Waals surface area contributed by atoms with Crippen LogP contribution in [0.4, 0.5) is 15.8 Å². The first-order valence-electron chi connectivity index (χ1n) is 11.9. The number of ether oxygens (including phenoxy) is 1. The number of para-hydroxylation sites is 1. The van der Waals surface area contributed by atoms with E-state index >= 15 is 0 Å². The Morgan fingerprint density at radius 1 is 1.21 bits per heavy atom. The summed E-state index contributed by atoms with van der Waals surface area (Å²) < 4.78 is 23.5. The Bertz CT molecular complexity index is 1500. The fraction of sp³-hybridized carbons (Fsp3) is 0.231. The summed E-state index contributed by atoms with van der Waals surface area (Å²) in [4.78, 5) is 44.0. The lowest BCUT2D eigenvalue weighted by Gasteiger charge is -2.31. The van der Waals surface area contributed by atoms with Crippen molar-refractivity contribution < 1.29 is 23.5 Å². The standard InChI is InChI=1S/C26H25FN6O4S/c27-14-7-9-15(10-8-14)33(26(36)23-20(28)21(24(29)34)32-38-23)22(25(35)31-12-16-4-3-11-37-16)18-13-30-19-6-2-1-5-17(18)19/h1-2,5-10,13,16,22,30H,3-4,11-12,28H2,(H2,29,34)(H,31,35)/t16-,22-/m0/s1. The van der Waals surface area contributed by atoms with Crippen molar-refractivity contribution in [3.05, 3.63) is 76.7 Å². The molecule has 0 spiro atoms. The van der Waals surface area contributed by atoms with E-state index in [1.165, 1.54) is 29.2 Å². The van der Waals surface area contributed by atoms with Crippen LogP contribution in [-0.2, 0) is 9.53 Å². The highest BCUT2D eigenvalue weighted by Crippen LogP contribution is 2.36. The maximum atomic E-state index is 14.1. The highest BCUT2D eigenvalue weighted by molar-refractivity contribution is 7.09. The molecular formula is C26H25FN6O4S. The molecule has 3 heterocycles. The Morgan fingerprint density at radius 3 is 2.66 bits per heavy atom. The fourth-order valence-electron chi connectivity index (χ4n) is 4.56. The van der Waals surface area contributed by atoms with Crippen LogP contribution in [0.15, 0.2) is 54.7 Å². The molecule has 0 radical (unpaired) electrons. The van der Waals surface area contributed by atoms with Crippen molar-refractivity contribution in [2.24, 2.45) is 5.73 Å². The van der Waals surface area contributed by atoms with Gasteiger partial charge in [0.05, 0.1) is 11.8 Å². The highest BCUT2D eigenvalue weighted by atomic mass is 32.1. The van der Waals surface area contributed by atoms with Crippen molar-refractivity contribution in [2.75, 3.05) is 23.8 Å². The maximum Gasteiger partial charge on any atom is 0.273 e. The molecule has 0 unspecified atom stereocenters. The lowest BCUT2D eigenvalue weighted by molar-refractivity contribution is -0.123. The number of nitrogens with zero attached hydrogens (tertiary/aromatic N) is 2. The first-order chi connectivity index (χ1) is 18.3. The molecule has 0 aliphatic carbocycles. The molecule has 196 valence electrons. The Kier molecular flexibility index (Phi) is 7.07. The van der Waals surface area contributed by atoms with Crippen LogP contribution in [0.2, 0.25) is 0 Å². The van der Waals surface area contributed by atoms with Gasteiger partial charge in [-0.25, -0.2) is 4.39 Å². The number of nitrogens with one attached hydrogen (secondary N) is 2. The molecule has 10 nitrogen and oxygen atoms in total. The van der Waals surface area contributed by atoms with Gasteiger partial charge in [-0.15, -0.1) is 0 Å². The van der Waals surface area contributed by atoms with Crippen LogP contribution >= 0.6 is 11.5 Å². The van der Waals surface area contributed by atoms with Gasteiger partial charge in [-0.1, -0.05) is 18.2 Å². The van der Waals surface area contributed by atoms with E-state index < -0.39 is 29.6 Å². The quantitative estimate of drug-likeness (QED) is 0.271. The molecule has 3 amide bonds. The third-order valence-corrected chi connectivity index (χ3v) is 7.28. The molecule has 38 heavy (non-hydrogen) atoms. The third kappa shape index (κ3) is 4.83. The summed E-state index contributed by atoms with van der Waals surface area (Å²) in [6, 6.07) is 11.3. The minimum Gasteiger partial charge on any atom is -0.395 e. The number of hydrogen-bond acceptors (Lipinski definition) is 7. The number of carbonyl (C=O) groups is 3. The topological polar surface area (TPSA) is 156 Å². The second kappa shape index (κ2) is 10.6. The molecule has 1 aliphatic heterocycles. The van der Waals surface area contributed by atoms with Gasteiger partial charge in [0.2, 0.25) is 5.91 Å². The zero-order valence-corrected chi connectivity index (χ0v) is 21.0. The molecular weight excluding hydrogens is 511 g/mol. The Hall–Kier alpha value is -4.29. The number of fused-ring (bicyclic) bond motifs is 1. The monoisotopic (exact) mass is 536 g/mol. The Morgan fingerprint density at radius 2 is 1.97 bits per heavy atom. The van der Waals surface area contributed by atoms with Crippen LogP contribution in [0.25, 0.3) is 10.9 Å². The molecule has 4 aromatic rings. The molecule has 12 heteroatoms. The third-order valence-electron chi connectivity index (χ3n) is 6.43. The number of nitrogens with two attached hydrogens (primary N) is 2. The maximum absolute atomic E-state index is 14.1. The number of anilines is 2. The molecule has 5 rings (SSSR count). The number of hydrogen-bond donors (Lipinski definition) is 4. The van der Waals surface area contributed by atoms with Crippen molar-refractivity contribution in [1.29, 1.82) is 0 Å².